The van der Waals surface area contributed by atoms with Gasteiger partial charge in [0, 0.05) is 44.6 Å². The van der Waals surface area contributed by atoms with Gasteiger partial charge in [-0.05, 0) is 25.0 Å². The number of amides is 1. The summed E-state index contributed by atoms with van der Waals surface area (Å²) in [5.41, 5.74) is 0.808. The van der Waals surface area contributed by atoms with Gasteiger partial charge in [0.05, 0.1) is 22.0 Å². The molecule has 6 nitrogen and oxygen atoms in total. The quantitative estimate of drug-likeness (QED) is 0.791. The van der Waals surface area contributed by atoms with Crippen LogP contribution in [0.5, 0.6) is 0 Å². The molecule has 4 rings (SSSR count). The van der Waals surface area contributed by atoms with E-state index in [0.29, 0.717) is 28.9 Å². The molecule has 1 saturated carbocycles. The zero-order chi connectivity index (χ0) is 19.5. The number of hydrogen-bond acceptors (Lipinski definition) is 5. The summed E-state index contributed by atoms with van der Waals surface area (Å²) in [5, 5.41) is 4.31. The van der Waals surface area contributed by atoms with Crippen molar-refractivity contribution < 1.29 is 9.21 Å². The summed E-state index contributed by atoms with van der Waals surface area (Å²) in [4.78, 5) is 21.4. The maximum atomic E-state index is 13.1. The van der Waals surface area contributed by atoms with Gasteiger partial charge in [0.1, 0.15) is 11.8 Å². The maximum Gasteiger partial charge on any atom is 0.245 e. The summed E-state index contributed by atoms with van der Waals surface area (Å²) >= 11 is 12.6. The van der Waals surface area contributed by atoms with Crippen molar-refractivity contribution in [2.45, 2.75) is 37.8 Å². The topological polar surface area (TPSA) is 61.6 Å². The molecule has 1 amide bonds. The van der Waals surface area contributed by atoms with E-state index in [1.165, 1.54) is 12.8 Å². The summed E-state index contributed by atoms with van der Waals surface area (Å²) in [7, 11) is 0. The van der Waals surface area contributed by atoms with E-state index in [4.69, 9.17) is 27.6 Å². The molecule has 2 aromatic rings. The highest BCUT2D eigenvalue weighted by atomic mass is 35.5. The lowest BCUT2D eigenvalue weighted by molar-refractivity contribution is -0.128. The molecule has 0 spiro atoms. The largest absolute Gasteiger partial charge is 0.467 e. The molecule has 3 heterocycles. The molecule has 150 valence electrons. The molecule has 0 bridgehead atoms. The van der Waals surface area contributed by atoms with Gasteiger partial charge in [-0.25, -0.2) is 0 Å². The molecule has 2 fully saturated rings. The SMILES string of the molecule is O=C(NC1CCCC1)C(c1ccco1)N1CCN(c2c(Cl)cncc2Cl)CC1. The summed E-state index contributed by atoms with van der Waals surface area (Å²) in [6, 6.07) is 3.57. The fourth-order valence-electron chi connectivity index (χ4n) is 4.18. The van der Waals surface area contributed by atoms with Crippen LogP contribution in [0, 0.1) is 0 Å². The first-order valence-corrected chi connectivity index (χ1v) is 10.5. The lowest BCUT2D eigenvalue weighted by Gasteiger charge is -2.39. The molecule has 0 radical (unpaired) electrons. The summed E-state index contributed by atoms with van der Waals surface area (Å²) in [6.07, 6.45) is 9.32. The van der Waals surface area contributed by atoms with E-state index in [0.717, 1.165) is 31.6 Å². The van der Waals surface area contributed by atoms with Crippen molar-refractivity contribution in [3.05, 3.63) is 46.6 Å². The minimum Gasteiger partial charge on any atom is -0.467 e. The van der Waals surface area contributed by atoms with Crippen molar-refractivity contribution in [1.29, 1.82) is 0 Å². The van der Waals surface area contributed by atoms with Crippen LogP contribution in [0.4, 0.5) is 5.69 Å². The number of carbonyl (C=O) groups excluding carboxylic acids is 1. The minimum absolute atomic E-state index is 0.0234. The predicted octanol–water partition coefficient (Wildman–Crippen LogP) is 3.90. The molecular weight excluding hydrogens is 399 g/mol. The molecule has 1 aliphatic carbocycles. The Morgan fingerprint density at radius 2 is 1.82 bits per heavy atom. The van der Waals surface area contributed by atoms with Gasteiger partial charge in [-0.15, -0.1) is 0 Å². The van der Waals surface area contributed by atoms with Crippen LogP contribution in [0.3, 0.4) is 0 Å². The summed E-state index contributed by atoms with van der Waals surface area (Å²) < 4.78 is 5.62. The molecule has 1 aliphatic heterocycles. The van der Waals surface area contributed by atoms with Crippen molar-refractivity contribution in [2.24, 2.45) is 0 Å². The van der Waals surface area contributed by atoms with Crippen molar-refractivity contribution in [3.8, 4) is 0 Å². The Morgan fingerprint density at radius 1 is 1.14 bits per heavy atom. The number of rotatable bonds is 5. The van der Waals surface area contributed by atoms with Crippen LogP contribution in [0.1, 0.15) is 37.5 Å². The monoisotopic (exact) mass is 422 g/mol. The number of nitrogens with zero attached hydrogens (tertiary/aromatic N) is 3. The molecule has 2 aromatic heterocycles. The Hall–Kier alpha value is -1.76. The number of halogens is 2. The second-order valence-electron chi connectivity index (χ2n) is 7.38. The van der Waals surface area contributed by atoms with Crippen molar-refractivity contribution in [2.75, 3.05) is 31.1 Å². The number of anilines is 1. The fraction of sp³-hybridized carbons (Fsp3) is 0.500. The van der Waals surface area contributed by atoms with Crippen LogP contribution in [0.15, 0.2) is 35.2 Å². The Morgan fingerprint density at radius 3 is 2.43 bits per heavy atom. The molecule has 28 heavy (non-hydrogen) atoms. The fourth-order valence-corrected chi connectivity index (χ4v) is 4.79. The zero-order valence-electron chi connectivity index (χ0n) is 15.6. The van der Waals surface area contributed by atoms with Crippen LogP contribution >= 0.6 is 23.2 Å². The maximum absolute atomic E-state index is 13.1. The second-order valence-corrected chi connectivity index (χ2v) is 8.20. The first-order valence-electron chi connectivity index (χ1n) is 9.75. The van der Waals surface area contributed by atoms with E-state index in [1.54, 1.807) is 18.7 Å². The molecule has 1 saturated heterocycles. The molecule has 1 unspecified atom stereocenters. The molecule has 8 heteroatoms. The standard InChI is InChI=1S/C20H24Cl2N4O2/c21-15-12-23-13-16(22)18(15)25-7-9-26(10-8-25)19(17-6-3-11-28-17)20(27)24-14-4-1-2-5-14/h3,6,11-14,19H,1-2,4-5,7-10H2,(H,24,27). The van der Waals surface area contributed by atoms with Gasteiger partial charge in [0.15, 0.2) is 0 Å². The zero-order valence-corrected chi connectivity index (χ0v) is 17.1. The second kappa shape index (κ2) is 8.72. The van der Waals surface area contributed by atoms with Crippen LogP contribution < -0.4 is 10.2 Å². The third kappa shape index (κ3) is 4.14. The third-order valence-electron chi connectivity index (χ3n) is 5.59. The first kappa shape index (κ1) is 19.6. The first-order chi connectivity index (χ1) is 13.6. The molecule has 0 aromatic carbocycles. The normalized spacial score (nSPS) is 19.7. The summed E-state index contributed by atoms with van der Waals surface area (Å²) in [6.45, 7) is 2.85. The van der Waals surface area contributed by atoms with Crippen molar-refractivity contribution >= 4 is 34.8 Å². The lowest BCUT2D eigenvalue weighted by atomic mass is 10.1. The van der Waals surface area contributed by atoms with Crippen LogP contribution in [-0.4, -0.2) is 48.0 Å². The number of pyridine rings is 1. The molecule has 1 N–H and O–H groups in total. The van der Waals surface area contributed by atoms with E-state index in [9.17, 15) is 4.79 Å². The lowest BCUT2D eigenvalue weighted by Crippen LogP contribution is -2.52. The number of furan rings is 1. The molecule has 2 aliphatic rings. The average Bonchev–Trinajstić information content (AvgIpc) is 3.37. The highest BCUT2D eigenvalue weighted by Crippen LogP contribution is 2.34. The smallest absolute Gasteiger partial charge is 0.245 e. The van der Waals surface area contributed by atoms with Crippen LogP contribution in [0.25, 0.3) is 0 Å². The third-order valence-corrected chi connectivity index (χ3v) is 6.14. The Bertz CT molecular complexity index is 780. The Kier molecular flexibility index (Phi) is 6.09. The van der Waals surface area contributed by atoms with Gasteiger partial charge < -0.3 is 14.6 Å². The van der Waals surface area contributed by atoms with Crippen LogP contribution in [-0.2, 0) is 4.79 Å². The average molecular weight is 423 g/mol. The van der Waals surface area contributed by atoms with E-state index in [2.05, 4.69) is 20.1 Å². The highest BCUT2D eigenvalue weighted by Gasteiger charge is 2.34. The summed E-state index contributed by atoms with van der Waals surface area (Å²) in [5.74, 6) is 0.708. The molecular formula is C20H24Cl2N4O2. The van der Waals surface area contributed by atoms with Gasteiger partial charge in [0.25, 0.3) is 0 Å². The van der Waals surface area contributed by atoms with Gasteiger partial charge in [-0.2, -0.15) is 0 Å². The predicted molar refractivity (Wildman–Crippen MR) is 110 cm³/mol. The van der Waals surface area contributed by atoms with E-state index in [1.807, 2.05) is 12.1 Å². The van der Waals surface area contributed by atoms with Crippen LogP contribution in [0.2, 0.25) is 10.0 Å². The van der Waals surface area contributed by atoms with Gasteiger partial charge >= 0.3 is 0 Å². The Labute approximate surface area is 174 Å². The van der Waals surface area contributed by atoms with E-state index >= 15 is 0 Å². The highest BCUT2D eigenvalue weighted by molar-refractivity contribution is 6.38. The molecule has 1 atom stereocenters. The van der Waals surface area contributed by atoms with Gasteiger partial charge in [0.2, 0.25) is 5.91 Å². The van der Waals surface area contributed by atoms with E-state index in [-0.39, 0.29) is 11.9 Å². The van der Waals surface area contributed by atoms with E-state index < -0.39 is 6.04 Å². The van der Waals surface area contributed by atoms with Crippen molar-refractivity contribution in [1.82, 2.24) is 15.2 Å². The number of aromatic nitrogens is 1. The number of carbonyl (C=O) groups is 1. The number of hydrogen-bond donors (Lipinski definition) is 1. The number of nitrogens with one attached hydrogen (secondary N) is 1. The Balaban J connectivity index is 1.47. The van der Waals surface area contributed by atoms with Gasteiger partial charge in [-0.3, -0.25) is 14.7 Å². The van der Waals surface area contributed by atoms with Gasteiger partial charge in [-0.1, -0.05) is 36.0 Å². The minimum atomic E-state index is -0.416. The number of piperazine rings is 1. The van der Waals surface area contributed by atoms with Crippen molar-refractivity contribution in [3.63, 3.8) is 0 Å².